The molecule has 2 aromatic carbocycles. The Morgan fingerprint density at radius 3 is 2.44 bits per heavy atom. The Morgan fingerprint density at radius 2 is 1.75 bits per heavy atom. The SMILES string of the molecule is Cc1cc(/C=C2\SC(=O)N(CC(=O)Nc3ccccc3)C2=O)c(C)n1-c1ccc(F)cc1. The largest absolute Gasteiger partial charge is 0.325 e. The summed E-state index contributed by atoms with van der Waals surface area (Å²) in [7, 11) is 0. The maximum atomic E-state index is 13.3. The molecule has 162 valence electrons. The van der Waals surface area contributed by atoms with E-state index < -0.39 is 17.1 Å². The van der Waals surface area contributed by atoms with Crippen LogP contribution in [0.15, 0.2) is 65.6 Å². The molecule has 1 fully saturated rings. The minimum atomic E-state index is -0.505. The molecule has 3 aromatic rings. The van der Waals surface area contributed by atoms with Crippen molar-refractivity contribution in [1.29, 1.82) is 0 Å². The van der Waals surface area contributed by atoms with E-state index in [0.717, 1.165) is 39.3 Å². The number of hydrogen-bond donors (Lipinski definition) is 1. The maximum Gasteiger partial charge on any atom is 0.294 e. The highest BCUT2D eigenvalue weighted by atomic mass is 32.2. The van der Waals surface area contributed by atoms with Crippen molar-refractivity contribution < 1.29 is 18.8 Å². The van der Waals surface area contributed by atoms with Gasteiger partial charge in [-0.25, -0.2) is 4.39 Å². The average Bonchev–Trinajstić information content (AvgIpc) is 3.19. The number of amides is 3. The van der Waals surface area contributed by atoms with Gasteiger partial charge in [0.25, 0.3) is 11.1 Å². The predicted octanol–water partition coefficient (Wildman–Crippen LogP) is 4.91. The Labute approximate surface area is 188 Å². The Bertz CT molecular complexity index is 1230. The molecule has 0 aliphatic carbocycles. The van der Waals surface area contributed by atoms with Crippen molar-refractivity contribution in [2.24, 2.45) is 0 Å². The van der Waals surface area contributed by atoms with Crippen molar-refractivity contribution in [3.05, 3.63) is 88.3 Å². The van der Waals surface area contributed by atoms with Crippen molar-refractivity contribution >= 4 is 40.6 Å². The van der Waals surface area contributed by atoms with Gasteiger partial charge in [-0.05, 0) is 79.7 Å². The zero-order valence-corrected chi connectivity index (χ0v) is 18.3. The number of carbonyl (C=O) groups is 3. The Morgan fingerprint density at radius 1 is 1.06 bits per heavy atom. The van der Waals surface area contributed by atoms with E-state index in [1.165, 1.54) is 12.1 Å². The topological polar surface area (TPSA) is 71.4 Å². The van der Waals surface area contributed by atoms with E-state index >= 15 is 0 Å². The van der Waals surface area contributed by atoms with Gasteiger partial charge in [-0.15, -0.1) is 0 Å². The number of nitrogens with zero attached hydrogens (tertiary/aromatic N) is 2. The van der Waals surface area contributed by atoms with Crippen LogP contribution in [0.4, 0.5) is 14.9 Å². The summed E-state index contributed by atoms with van der Waals surface area (Å²) in [6.07, 6.45) is 1.66. The smallest absolute Gasteiger partial charge is 0.294 e. The Kier molecular flexibility index (Phi) is 5.96. The molecule has 3 amide bonds. The lowest BCUT2D eigenvalue weighted by Gasteiger charge is -2.12. The number of nitrogens with one attached hydrogen (secondary N) is 1. The second-order valence-corrected chi connectivity index (χ2v) is 8.31. The number of imide groups is 1. The van der Waals surface area contributed by atoms with Gasteiger partial charge >= 0.3 is 0 Å². The van der Waals surface area contributed by atoms with Crippen molar-refractivity contribution in [3.8, 4) is 5.69 Å². The first-order valence-corrected chi connectivity index (χ1v) is 10.7. The fraction of sp³-hybridized carbons (Fsp3) is 0.125. The molecular weight excluding hydrogens is 429 g/mol. The number of para-hydroxylation sites is 1. The molecule has 0 spiro atoms. The van der Waals surface area contributed by atoms with Crippen LogP contribution in [0.2, 0.25) is 0 Å². The Balaban J connectivity index is 1.53. The van der Waals surface area contributed by atoms with Crippen LogP contribution < -0.4 is 5.32 Å². The first-order valence-electron chi connectivity index (χ1n) is 9.88. The number of aromatic nitrogens is 1. The van der Waals surface area contributed by atoms with Crippen molar-refractivity contribution in [3.63, 3.8) is 0 Å². The highest BCUT2D eigenvalue weighted by Gasteiger charge is 2.36. The fourth-order valence-electron chi connectivity index (χ4n) is 3.56. The highest BCUT2D eigenvalue weighted by Crippen LogP contribution is 2.33. The predicted molar refractivity (Wildman–Crippen MR) is 123 cm³/mol. The van der Waals surface area contributed by atoms with Gasteiger partial charge in [0.1, 0.15) is 12.4 Å². The summed E-state index contributed by atoms with van der Waals surface area (Å²) in [5.41, 5.74) is 3.91. The van der Waals surface area contributed by atoms with Crippen LogP contribution in [-0.2, 0) is 9.59 Å². The molecule has 1 N–H and O–H groups in total. The van der Waals surface area contributed by atoms with Gasteiger partial charge in [0.15, 0.2) is 0 Å². The number of aryl methyl sites for hydroxylation is 1. The van der Waals surface area contributed by atoms with Gasteiger partial charge in [0.2, 0.25) is 5.91 Å². The van der Waals surface area contributed by atoms with Crippen LogP contribution >= 0.6 is 11.8 Å². The monoisotopic (exact) mass is 449 g/mol. The molecule has 1 aliphatic rings. The van der Waals surface area contributed by atoms with Crippen LogP contribution in [-0.4, -0.2) is 33.1 Å². The summed E-state index contributed by atoms with van der Waals surface area (Å²) in [6.45, 7) is 3.44. The number of thioether (sulfide) groups is 1. The molecule has 0 bridgehead atoms. The van der Waals surface area contributed by atoms with Crippen LogP contribution in [0.25, 0.3) is 11.8 Å². The van der Waals surface area contributed by atoms with E-state index in [1.54, 1.807) is 42.5 Å². The van der Waals surface area contributed by atoms with E-state index in [2.05, 4.69) is 5.32 Å². The Hall–Kier alpha value is -3.65. The molecule has 6 nitrogen and oxygen atoms in total. The van der Waals surface area contributed by atoms with Crippen LogP contribution in [0.1, 0.15) is 17.0 Å². The van der Waals surface area contributed by atoms with Gasteiger partial charge in [-0.3, -0.25) is 19.3 Å². The summed E-state index contributed by atoms with van der Waals surface area (Å²) in [5, 5.41) is 2.18. The van der Waals surface area contributed by atoms with Crippen LogP contribution in [0, 0.1) is 19.7 Å². The maximum absolute atomic E-state index is 13.3. The molecular formula is C24H20FN3O3S. The third kappa shape index (κ3) is 4.36. The molecule has 4 rings (SSSR count). The number of rotatable bonds is 5. The number of benzene rings is 2. The van der Waals surface area contributed by atoms with E-state index in [9.17, 15) is 18.8 Å². The third-order valence-electron chi connectivity index (χ3n) is 5.07. The molecule has 1 aromatic heterocycles. The number of hydrogen-bond acceptors (Lipinski definition) is 4. The lowest BCUT2D eigenvalue weighted by molar-refractivity contribution is -0.127. The standard InChI is InChI=1S/C24H20FN3O3S/c1-15-12-17(16(2)28(15)20-10-8-18(25)9-11-20)13-21-23(30)27(24(31)32-21)14-22(29)26-19-6-4-3-5-7-19/h3-13H,14H2,1-2H3,(H,26,29)/b21-13-. The minimum Gasteiger partial charge on any atom is -0.325 e. The average molecular weight is 450 g/mol. The van der Waals surface area contributed by atoms with Gasteiger partial charge in [-0.2, -0.15) is 0 Å². The molecule has 0 saturated carbocycles. The first kappa shape index (κ1) is 21.6. The summed E-state index contributed by atoms with van der Waals surface area (Å²) in [5.74, 6) is -1.27. The molecule has 8 heteroatoms. The summed E-state index contributed by atoms with van der Waals surface area (Å²) in [4.78, 5) is 38.7. The molecule has 0 radical (unpaired) electrons. The van der Waals surface area contributed by atoms with E-state index in [1.807, 2.05) is 30.5 Å². The fourth-order valence-corrected chi connectivity index (χ4v) is 4.39. The van der Waals surface area contributed by atoms with Gasteiger partial charge in [0, 0.05) is 22.8 Å². The van der Waals surface area contributed by atoms with E-state index in [-0.39, 0.29) is 17.3 Å². The lowest BCUT2D eigenvalue weighted by Crippen LogP contribution is -2.36. The normalized spacial score (nSPS) is 15.0. The molecule has 1 saturated heterocycles. The zero-order chi connectivity index (χ0) is 22.8. The quantitative estimate of drug-likeness (QED) is 0.562. The molecule has 0 atom stereocenters. The highest BCUT2D eigenvalue weighted by molar-refractivity contribution is 8.18. The van der Waals surface area contributed by atoms with Crippen LogP contribution in [0.5, 0.6) is 0 Å². The number of carbonyl (C=O) groups excluding carboxylic acids is 3. The number of halogens is 1. The molecule has 32 heavy (non-hydrogen) atoms. The molecule has 2 heterocycles. The second-order valence-electron chi connectivity index (χ2n) is 7.32. The van der Waals surface area contributed by atoms with E-state index in [4.69, 9.17) is 0 Å². The van der Waals surface area contributed by atoms with Crippen molar-refractivity contribution in [1.82, 2.24) is 9.47 Å². The number of anilines is 1. The van der Waals surface area contributed by atoms with E-state index in [0.29, 0.717) is 5.69 Å². The minimum absolute atomic E-state index is 0.252. The van der Waals surface area contributed by atoms with Crippen molar-refractivity contribution in [2.75, 3.05) is 11.9 Å². The summed E-state index contributed by atoms with van der Waals surface area (Å²) >= 11 is 0.806. The second kappa shape index (κ2) is 8.84. The van der Waals surface area contributed by atoms with Gasteiger partial charge in [0.05, 0.1) is 4.91 Å². The third-order valence-corrected chi connectivity index (χ3v) is 5.98. The molecule has 1 aliphatic heterocycles. The van der Waals surface area contributed by atoms with Crippen molar-refractivity contribution in [2.45, 2.75) is 13.8 Å². The lowest BCUT2D eigenvalue weighted by atomic mass is 10.2. The zero-order valence-electron chi connectivity index (χ0n) is 17.5. The molecule has 0 unspecified atom stereocenters. The summed E-state index contributed by atoms with van der Waals surface area (Å²) in [6, 6.07) is 16.9. The van der Waals surface area contributed by atoms with Gasteiger partial charge in [-0.1, -0.05) is 18.2 Å². The van der Waals surface area contributed by atoms with Gasteiger partial charge < -0.3 is 9.88 Å². The first-order chi connectivity index (χ1) is 15.3. The summed E-state index contributed by atoms with van der Waals surface area (Å²) < 4.78 is 15.2. The van der Waals surface area contributed by atoms with Crippen LogP contribution in [0.3, 0.4) is 0 Å².